The number of carboxylic acids is 1. The number of aromatic carboxylic acids is 1. The van der Waals surface area contributed by atoms with E-state index in [2.05, 4.69) is 9.71 Å². The summed E-state index contributed by atoms with van der Waals surface area (Å²) in [6, 6.07) is 3.90. The third-order valence-corrected chi connectivity index (χ3v) is 4.82. The van der Waals surface area contributed by atoms with Crippen LogP contribution in [-0.4, -0.2) is 24.5 Å². The normalized spacial score (nSPS) is 11.5. The van der Waals surface area contributed by atoms with Crippen LogP contribution in [0, 0.1) is 0 Å². The maximum absolute atomic E-state index is 12.2. The monoisotopic (exact) mass is 348 g/mol. The van der Waals surface area contributed by atoms with Crippen molar-refractivity contribution < 1.29 is 18.3 Å². The highest BCUT2D eigenvalue weighted by atomic mass is 35.5. The minimum Gasteiger partial charge on any atom is -0.478 e. The molecule has 0 bridgehead atoms. The van der Waals surface area contributed by atoms with Crippen molar-refractivity contribution in [3.05, 3.63) is 51.8 Å². The number of carboxylic acid groups (broad SMARTS) is 1. The van der Waals surface area contributed by atoms with Crippen LogP contribution in [-0.2, 0) is 16.6 Å². The van der Waals surface area contributed by atoms with Crippen LogP contribution in [0.5, 0.6) is 0 Å². The highest BCUT2D eigenvalue weighted by molar-refractivity contribution is 7.89. The molecule has 3 N–H and O–H groups in total. The highest BCUT2D eigenvalue weighted by Crippen LogP contribution is 2.29. The molecule has 6 nitrogen and oxygen atoms in total. The fourth-order valence-corrected chi connectivity index (χ4v) is 3.56. The van der Waals surface area contributed by atoms with Crippen LogP contribution in [0.15, 0.2) is 35.5 Å². The third kappa shape index (κ3) is 3.56. The molecule has 0 amide bonds. The van der Waals surface area contributed by atoms with E-state index in [0.29, 0.717) is 0 Å². The zero-order chi connectivity index (χ0) is 15.6. The van der Waals surface area contributed by atoms with Crippen molar-refractivity contribution in [3.63, 3.8) is 0 Å². The first-order valence-corrected chi connectivity index (χ1v) is 7.89. The molecule has 9 heteroatoms. The molecule has 0 spiro atoms. The van der Waals surface area contributed by atoms with Crippen LogP contribution in [0.3, 0.4) is 0 Å². The number of aromatic nitrogens is 1. The first-order chi connectivity index (χ1) is 9.81. The van der Waals surface area contributed by atoms with Gasteiger partial charge in [-0.25, -0.2) is 17.9 Å². The minimum atomic E-state index is -3.99. The summed E-state index contributed by atoms with van der Waals surface area (Å²) in [6.07, 6.45) is 3.28. The SMILES string of the molecule is O=C(O)c1cc(Cl)cc(S(=O)(=O)NCc2cc[nH]c2)c1Cl. The molecule has 0 aliphatic carbocycles. The molecule has 2 aromatic rings. The van der Waals surface area contributed by atoms with Gasteiger partial charge in [0.05, 0.1) is 10.6 Å². The highest BCUT2D eigenvalue weighted by Gasteiger charge is 2.23. The second-order valence-corrected chi connectivity index (χ2v) is 6.66. The molecule has 2 rings (SSSR count). The number of hydrogen-bond acceptors (Lipinski definition) is 3. The van der Waals surface area contributed by atoms with Gasteiger partial charge in [0.2, 0.25) is 10.0 Å². The molecule has 0 saturated heterocycles. The Kier molecular flexibility index (Phi) is 4.58. The summed E-state index contributed by atoms with van der Waals surface area (Å²) in [5.74, 6) is -1.36. The lowest BCUT2D eigenvalue weighted by molar-refractivity contribution is 0.0697. The zero-order valence-corrected chi connectivity index (χ0v) is 12.8. The molecule has 1 heterocycles. The van der Waals surface area contributed by atoms with Crippen molar-refractivity contribution in [1.29, 1.82) is 0 Å². The number of aromatic amines is 1. The fourth-order valence-electron chi connectivity index (χ4n) is 1.64. The average Bonchev–Trinajstić information content (AvgIpc) is 2.91. The van der Waals surface area contributed by atoms with Crippen LogP contribution in [0.25, 0.3) is 0 Å². The molecular formula is C12H10Cl2N2O4S. The van der Waals surface area contributed by atoms with E-state index in [9.17, 15) is 13.2 Å². The fraction of sp³-hybridized carbons (Fsp3) is 0.0833. The van der Waals surface area contributed by atoms with Crippen LogP contribution in [0.2, 0.25) is 10.0 Å². The first kappa shape index (κ1) is 15.8. The first-order valence-electron chi connectivity index (χ1n) is 5.65. The quantitative estimate of drug-likeness (QED) is 0.772. The summed E-state index contributed by atoms with van der Waals surface area (Å²) < 4.78 is 26.8. The van der Waals surface area contributed by atoms with Crippen molar-refractivity contribution in [2.45, 2.75) is 11.4 Å². The summed E-state index contributed by atoms with van der Waals surface area (Å²) >= 11 is 11.6. The maximum Gasteiger partial charge on any atom is 0.337 e. The Labute approximate surface area is 130 Å². The van der Waals surface area contributed by atoms with E-state index in [4.69, 9.17) is 28.3 Å². The number of sulfonamides is 1. The Bertz CT molecular complexity index is 773. The smallest absolute Gasteiger partial charge is 0.337 e. The van der Waals surface area contributed by atoms with E-state index in [-0.39, 0.29) is 27.0 Å². The van der Waals surface area contributed by atoms with Crippen LogP contribution < -0.4 is 4.72 Å². The van der Waals surface area contributed by atoms with Crippen molar-refractivity contribution in [1.82, 2.24) is 9.71 Å². The van der Waals surface area contributed by atoms with Crippen LogP contribution >= 0.6 is 23.2 Å². The van der Waals surface area contributed by atoms with E-state index in [1.807, 2.05) is 0 Å². The molecule has 1 aromatic carbocycles. The molecule has 0 atom stereocenters. The molecule has 0 fully saturated rings. The number of hydrogen-bond donors (Lipinski definition) is 3. The standard InChI is InChI=1S/C12H10Cl2N2O4S/c13-8-3-9(12(17)18)11(14)10(4-8)21(19,20)16-6-7-1-2-15-5-7/h1-5,15-16H,6H2,(H,17,18). The number of carbonyl (C=O) groups is 1. The molecule has 0 saturated carbocycles. The molecule has 0 radical (unpaired) electrons. The molecule has 112 valence electrons. The predicted octanol–water partition coefficient (Wildman–Crippen LogP) is 2.50. The van der Waals surface area contributed by atoms with E-state index in [1.165, 1.54) is 0 Å². The van der Waals surface area contributed by atoms with Gasteiger partial charge in [0.15, 0.2) is 0 Å². The van der Waals surface area contributed by atoms with Gasteiger partial charge in [0, 0.05) is 24.0 Å². The summed E-state index contributed by atoms with van der Waals surface area (Å²) in [5, 5.41) is 8.59. The van der Waals surface area contributed by atoms with Gasteiger partial charge in [-0.3, -0.25) is 0 Å². The number of benzene rings is 1. The molecule has 0 aliphatic rings. The van der Waals surface area contributed by atoms with Gasteiger partial charge >= 0.3 is 5.97 Å². The lowest BCUT2D eigenvalue weighted by Gasteiger charge is -2.10. The van der Waals surface area contributed by atoms with Gasteiger partial charge in [-0.05, 0) is 23.8 Å². The Hall–Kier alpha value is -1.54. The molecule has 0 aliphatic heterocycles. The predicted molar refractivity (Wildman–Crippen MR) is 78.2 cm³/mol. The number of nitrogens with one attached hydrogen (secondary N) is 2. The Balaban J connectivity index is 2.37. The van der Waals surface area contributed by atoms with Gasteiger partial charge in [0.25, 0.3) is 0 Å². The summed E-state index contributed by atoms with van der Waals surface area (Å²) in [6.45, 7) is 0.0388. The summed E-state index contributed by atoms with van der Waals surface area (Å²) in [4.78, 5) is 13.5. The number of halogens is 2. The average molecular weight is 349 g/mol. The van der Waals surface area contributed by atoms with Crippen molar-refractivity contribution in [2.75, 3.05) is 0 Å². The molecular weight excluding hydrogens is 339 g/mol. The lowest BCUT2D eigenvalue weighted by atomic mass is 10.2. The maximum atomic E-state index is 12.2. The molecule has 21 heavy (non-hydrogen) atoms. The largest absolute Gasteiger partial charge is 0.478 e. The van der Waals surface area contributed by atoms with E-state index in [0.717, 1.165) is 17.7 Å². The summed E-state index contributed by atoms with van der Waals surface area (Å²) in [7, 11) is -3.99. The van der Waals surface area contributed by atoms with Crippen LogP contribution in [0.4, 0.5) is 0 Å². The summed E-state index contributed by atoms with van der Waals surface area (Å²) in [5.41, 5.74) is 0.348. The second-order valence-electron chi connectivity index (χ2n) is 4.11. The van der Waals surface area contributed by atoms with E-state index >= 15 is 0 Å². The molecule has 1 aromatic heterocycles. The van der Waals surface area contributed by atoms with Gasteiger partial charge in [-0.1, -0.05) is 23.2 Å². The van der Waals surface area contributed by atoms with E-state index in [1.54, 1.807) is 18.5 Å². The number of H-pyrrole nitrogens is 1. The van der Waals surface area contributed by atoms with Crippen LogP contribution in [0.1, 0.15) is 15.9 Å². The lowest BCUT2D eigenvalue weighted by Crippen LogP contribution is -2.24. The minimum absolute atomic E-state index is 0.0289. The Morgan fingerprint density at radius 1 is 1.33 bits per heavy atom. The van der Waals surface area contributed by atoms with Gasteiger partial charge in [-0.15, -0.1) is 0 Å². The zero-order valence-electron chi connectivity index (χ0n) is 10.4. The van der Waals surface area contributed by atoms with Crippen molar-refractivity contribution in [2.24, 2.45) is 0 Å². The molecule has 0 unspecified atom stereocenters. The number of rotatable bonds is 5. The Morgan fingerprint density at radius 2 is 2.05 bits per heavy atom. The van der Waals surface area contributed by atoms with Gasteiger partial charge in [-0.2, -0.15) is 0 Å². The second kappa shape index (κ2) is 6.07. The topological polar surface area (TPSA) is 99.3 Å². The van der Waals surface area contributed by atoms with Gasteiger partial charge < -0.3 is 10.1 Å². The third-order valence-electron chi connectivity index (χ3n) is 2.65. The van der Waals surface area contributed by atoms with E-state index < -0.39 is 16.0 Å². The van der Waals surface area contributed by atoms with Gasteiger partial charge in [0.1, 0.15) is 4.90 Å². The Morgan fingerprint density at radius 3 is 2.62 bits per heavy atom. The van der Waals surface area contributed by atoms with Crippen molar-refractivity contribution >= 4 is 39.2 Å². The van der Waals surface area contributed by atoms with Crippen molar-refractivity contribution in [3.8, 4) is 0 Å².